The summed E-state index contributed by atoms with van der Waals surface area (Å²) in [5.74, 6) is 0.719. The predicted molar refractivity (Wildman–Crippen MR) is 47.4 cm³/mol. The van der Waals surface area contributed by atoms with Crippen molar-refractivity contribution in [3.63, 3.8) is 0 Å². The van der Waals surface area contributed by atoms with Crippen molar-refractivity contribution in [3.05, 3.63) is 12.2 Å². The molecule has 0 aromatic heterocycles. The van der Waals surface area contributed by atoms with Crippen molar-refractivity contribution in [2.75, 3.05) is 0 Å². The van der Waals surface area contributed by atoms with Crippen molar-refractivity contribution in [1.29, 1.82) is 0 Å². The van der Waals surface area contributed by atoms with Gasteiger partial charge in [0.15, 0.2) is 0 Å². The minimum absolute atomic E-state index is 0.527. The summed E-state index contributed by atoms with van der Waals surface area (Å²) in [7, 11) is 0. The first kappa shape index (κ1) is 8.79. The van der Waals surface area contributed by atoms with Crippen LogP contribution in [-0.2, 0) is 0 Å². The van der Waals surface area contributed by atoms with Crippen LogP contribution in [0.1, 0.15) is 39.5 Å². The molecule has 1 aliphatic rings. The maximum Gasteiger partial charge on any atom is 0.0854 e. The molecule has 0 radical (unpaired) electrons. The second-order valence-electron chi connectivity index (χ2n) is 3.83. The Labute approximate surface area is 69.1 Å². The maximum atomic E-state index is 9.97. The molecule has 1 N–H and O–H groups in total. The molecule has 1 rings (SSSR count). The van der Waals surface area contributed by atoms with Gasteiger partial charge in [0.25, 0.3) is 0 Å². The van der Waals surface area contributed by atoms with E-state index in [2.05, 4.69) is 13.5 Å². The zero-order valence-corrected chi connectivity index (χ0v) is 7.56. The van der Waals surface area contributed by atoms with E-state index in [4.69, 9.17) is 0 Å². The van der Waals surface area contributed by atoms with Crippen LogP contribution >= 0.6 is 0 Å². The lowest BCUT2D eigenvalue weighted by Crippen LogP contribution is -2.25. The molecule has 1 saturated carbocycles. The Bertz CT molecular complexity index is 162. The first-order valence-electron chi connectivity index (χ1n) is 4.47. The minimum Gasteiger partial charge on any atom is -0.386 e. The first-order chi connectivity index (χ1) is 5.08. The van der Waals surface area contributed by atoms with E-state index in [1.54, 1.807) is 0 Å². The highest BCUT2D eigenvalue weighted by Crippen LogP contribution is 2.39. The molecular weight excluding hydrogens is 136 g/mol. The second kappa shape index (κ2) is 2.98. The Morgan fingerprint density at radius 2 is 2.36 bits per heavy atom. The van der Waals surface area contributed by atoms with E-state index in [1.165, 1.54) is 12.8 Å². The second-order valence-corrected chi connectivity index (χ2v) is 3.83. The van der Waals surface area contributed by atoms with E-state index in [-0.39, 0.29) is 0 Å². The van der Waals surface area contributed by atoms with Crippen LogP contribution in [0, 0.1) is 5.92 Å². The van der Waals surface area contributed by atoms with Crippen LogP contribution in [-0.4, -0.2) is 10.7 Å². The molecule has 1 aliphatic carbocycles. The van der Waals surface area contributed by atoms with E-state index in [0.717, 1.165) is 24.3 Å². The van der Waals surface area contributed by atoms with E-state index >= 15 is 0 Å². The van der Waals surface area contributed by atoms with Crippen molar-refractivity contribution in [3.8, 4) is 0 Å². The van der Waals surface area contributed by atoms with E-state index in [0.29, 0.717) is 0 Å². The molecule has 0 aromatic rings. The van der Waals surface area contributed by atoms with Gasteiger partial charge < -0.3 is 5.11 Å². The van der Waals surface area contributed by atoms with Crippen molar-refractivity contribution in [1.82, 2.24) is 0 Å². The Morgan fingerprint density at radius 1 is 1.73 bits per heavy atom. The standard InChI is InChI=1S/C10H18O/c1-4-9-5-6-10(11,7-9)8(2)3/h9,11H,2,4-7H2,1,3H3. The van der Waals surface area contributed by atoms with E-state index in [1.807, 2.05) is 6.92 Å². The van der Waals surface area contributed by atoms with Crippen LogP contribution in [0.15, 0.2) is 12.2 Å². The van der Waals surface area contributed by atoms with Gasteiger partial charge in [0.05, 0.1) is 5.60 Å². The lowest BCUT2D eigenvalue weighted by molar-refractivity contribution is 0.0819. The Kier molecular flexibility index (Phi) is 2.38. The van der Waals surface area contributed by atoms with Crippen molar-refractivity contribution in [2.24, 2.45) is 5.92 Å². The van der Waals surface area contributed by atoms with Gasteiger partial charge in [0.2, 0.25) is 0 Å². The van der Waals surface area contributed by atoms with Gasteiger partial charge >= 0.3 is 0 Å². The summed E-state index contributed by atoms with van der Waals surface area (Å²) < 4.78 is 0. The zero-order valence-electron chi connectivity index (χ0n) is 7.56. The average molecular weight is 154 g/mol. The molecule has 11 heavy (non-hydrogen) atoms. The molecule has 0 amide bonds. The van der Waals surface area contributed by atoms with Crippen molar-refractivity contribution in [2.45, 2.75) is 45.1 Å². The Balaban J connectivity index is 2.57. The largest absolute Gasteiger partial charge is 0.386 e. The van der Waals surface area contributed by atoms with Gasteiger partial charge in [-0.05, 0) is 37.7 Å². The molecule has 0 heterocycles. The molecule has 0 aromatic carbocycles. The summed E-state index contributed by atoms with van der Waals surface area (Å²) in [5.41, 5.74) is 0.411. The fourth-order valence-electron chi connectivity index (χ4n) is 1.86. The van der Waals surface area contributed by atoms with E-state index in [9.17, 15) is 5.11 Å². The molecule has 64 valence electrons. The summed E-state index contributed by atoms with van der Waals surface area (Å²) in [6.07, 6.45) is 4.20. The lowest BCUT2D eigenvalue weighted by atomic mass is 9.93. The molecule has 0 bridgehead atoms. The third kappa shape index (κ3) is 1.64. The van der Waals surface area contributed by atoms with Gasteiger partial charge in [-0.2, -0.15) is 0 Å². The molecule has 1 heteroatoms. The first-order valence-corrected chi connectivity index (χ1v) is 4.47. The highest BCUT2D eigenvalue weighted by Gasteiger charge is 2.36. The highest BCUT2D eigenvalue weighted by atomic mass is 16.3. The van der Waals surface area contributed by atoms with Crippen LogP contribution in [0.2, 0.25) is 0 Å². The Hall–Kier alpha value is -0.300. The molecule has 0 saturated heterocycles. The fraction of sp³-hybridized carbons (Fsp3) is 0.800. The summed E-state index contributed by atoms with van der Waals surface area (Å²) in [5, 5.41) is 9.97. The third-order valence-electron chi connectivity index (χ3n) is 2.96. The third-order valence-corrected chi connectivity index (χ3v) is 2.96. The molecule has 0 aliphatic heterocycles. The SMILES string of the molecule is C=C(C)C1(O)CCC(CC)C1. The molecule has 2 atom stereocenters. The highest BCUT2D eigenvalue weighted by molar-refractivity contribution is 5.12. The average Bonchev–Trinajstić information content (AvgIpc) is 2.33. The lowest BCUT2D eigenvalue weighted by Gasteiger charge is -2.22. The van der Waals surface area contributed by atoms with Gasteiger partial charge in [-0.25, -0.2) is 0 Å². The summed E-state index contributed by atoms with van der Waals surface area (Å²) in [6, 6.07) is 0. The smallest absolute Gasteiger partial charge is 0.0854 e. The van der Waals surface area contributed by atoms with Crippen molar-refractivity contribution < 1.29 is 5.11 Å². The molecule has 1 nitrogen and oxygen atoms in total. The normalized spacial score (nSPS) is 37.5. The quantitative estimate of drug-likeness (QED) is 0.606. The minimum atomic E-state index is -0.527. The topological polar surface area (TPSA) is 20.2 Å². The van der Waals surface area contributed by atoms with Gasteiger partial charge in [-0.3, -0.25) is 0 Å². The summed E-state index contributed by atoms with van der Waals surface area (Å²) in [6.45, 7) is 7.95. The Morgan fingerprint density at radius 3 is 2.64 bits per heavy atom. The summed E-state index contributed by atoms with van der Waals surface area (Å²) in [4.78, 5) is 0. The van der Waals surface area contributed by atoms with Gasteiger partial charge in [-0.15, -0.1) is 0 Å². The number of rotatable bonds is 2. The van der Waals surface area contributed by atoms with Gasteiger partial charge in [-0.1, -0.05) is 19.9 Å². The monoisotopic (exact) mass is 154 g/mol. The molecular formula is C10H18O. The van der Waals surface area contributed by atoms with Gasteiger partial charge in [0, 0.05) is 0 Å². The number of hydrogen-bond acceptors (Lipinski definition) is 1. The van der Waals surface area contributed by atoms with Crippen LogP contribution in [0.3, 0.4) is 0 Å². The van der Waals surface area contributed by atoms with Gasteiger partial charge in [0.1, 0.15) is 0 Å². The number of aliphatic hydroxyl groups is 1. The summed E-state index contributed by atoms with van der Waals surface area (Å²) >= 11 is 0. The van der Waals surface area contributed by atoms with Crippen molar-refractivity contribution >= 4 is 0 Å². The van der Waals surface area contributed by atoms with Crippen LogP contribution in [0.4, 0.5) is 0 Å². The zero-order chi connectivity index (χ0) is 8.48. The van der Waals surface area contributed by atoms with Crippen LogP contribution in [0.25, 0.3) is 0 Å². The molecule has 0 spiro atoms. The maximum absolute atomic E-state index is 9.97. The molecule has 2 unspecified atom stereocenters. The van der Waals surface area contributed by atoms with E-state index < -0.39 is 5.60 Å². The molecule has 1 fully saturated rings. The fourth-order valence-corrected chi connectivity index (χ4v) is 1.86. The van der Waals surface area contributed by atoms with Crippen LogP contribution < -0.4 is 0 Å². The predicted octanol–water partition coefficient (Wildman–Crippen LogP) is 2.50. The number of hydrogen-bond donors (Lipinski definition) is 1. The van der Waals surface area contributed by atoms with Crippen LogP contribution in [0.5, 0.6) is 0 Å².